The molecule has 0 fully saturated rings. The van der Waals surface area contributed by atoms with E-state index < -0.39 is 6.04 Å². The van der Waals surface area contributed by atoms with E-state index in [1.54, 1.807) is 43.3 Å². The molecule has 0 aliphatic rings. The summed E-state index contributed by atoms with van der Waals surface area (Å²) in [6.07, 6.45) is 1.97. The predicted molar refractivity (Wildman–Crippen MR) is 120 cm³/mol. The maximum absolute atomic E-state index is 13.1. The van der Waals surface area contributed by atoms with Gasteiger partial charge in [0.05, 0.1) is 6.42 Å². The van der Waals surface area contributed by atoms with Crippen molar-refractivity contribution < 1.29 is 9.59 Å². The van der Waals surface area contributed by atoms with E-state index >= 15 is 0 Å². The molecule has 7 heteroatoms. The molecule has 2 amide bonds. The van der Waals surface area contributed by atoms with Crippen LogP contribution in [0.1, 0.15) is 37.8 Å². The summed E-state index contributed by atoms with van der Waals surface area (Å²) in [6.45, 7) is 4.47. The minimum atomic E-state index is -0.675. The van der Waals surface area contributed by atoms with Crippen LogP contribution in [0.5, 0.6) is 0 Å². The van der Waals surface area contributed by atoms with Gasteiger partial charge in [0.1, 0.15) is 6.04 Å². The normalized spacial score (nSPS) is 11.8. The molecule has 0 aromatic heterocycles. The molecule has 0 heterocycles. The van der Waals surface area contributed by atoms with Gasteiger partial charge < -0.3 is 10.2 Å². The third-order valence-corrected chi connectivity index (χ3v) is 5.57. The van der Waals surface area contributed by atoms with E-state index in [-0.39, 0.29) is 24.8 Å². The number of hydrogen-bond donors (Lipinski definition) is 1. The molecule has 0 aliphatic carbocycles. The third kappa shape index (κ3) is 6.91. The quantitative estimate of drug-likeness (QED) is 0.506. The highest BCUT2D eigenvalue weighted by atomic mass is 35.5. The van der Waals surface area contributed by atoms with E-state index in [9.17, 15) is 9.59 Å². The van der Waals surface area contributed by atoms with Crippen LogP contribution in [0.15, 0.2) is 42.5 Å². The van der Waals surface area contributed by atoms with Crippen LogP contribution in [0, 0.1) is 0 Å². The van der Waals surface area contributed by atoms with Crippen LogP contribution >= 0.6 is 34.8 Å². The van der Waals surface area contributed by atoms with E-state index in [1.165, 1.54) is 4.90 Å². The molecule has 1 atom stereocenters. The first-order chi connectivity index (χ1) is 13.8. The Morgan fingerprint density at radius 2 is 1.72 bits per heavy atom. The SMILES string of the molecule is CCCCNC(=O)[C@@H](C)N(Cc1c(Cl)cccc1Cl)C(=O)Cc1cccc(Cl)c1. The van der Waals surface area contributed by atoms with Crippen molar-refractivity contribution in [1.82, 2.24) is 10.2 Å². The van der Waals surface area contributed by atoms with Crippen molar-refractivity contribution in [1.29, 1.82) is 0 Å². The zero-order valence-corrected chi connectivity index (χ0v) is 18.8. The summed E-state index contributed by atoms with van der Waals surface area (Å²) in [6, 6.07) is 11.6. The molecule has 156 valence electrons. The van der Waals surface area contributed by atoms with E-state index in [0.717, 1.165) is 18.4 Å². The van der Waals surface area contributed by atoms with E-state index in [4.69, 9.17) is 34.8 Å². The van der Waals surface area contributed by atoms with Crippen LogP contribution in [-0.4, -0.2) is 29.3 Å². The van der Waals surface area contributed by atoms with Gasteiger partial charge >= 0.3 is 0 Å². The lowest BCUT2D eigenvalue weighted by molar-refractivity contribution is -0.140. The topological polar surface area (TPSA) is 49.4 Å². The largest absolute Gasteiger partial charge is 0.354 e. The van der Waals surface area contributed by atoms with E-state index in [1.807, 2.05) is 6.07 Å². The number of nitrogens with zero attached hydrogens (tertiary/aromatic N) is 1. The van der Waals surface area contributed by atoms with Gasteiger partial charge in [0.15, 0.2) is 0 Å². The fraction of sp³-hybridized carbons (Fsp3) is 0.364. The average molecular weight is 456 g/mol. The van der Waals surface area contributed by atoms with Gasteiger partial charge in [-0.3, -0.25) is 9.59 Å². The van der Waals surface area contributed by atoms with Gasteiger partial charge in [0.2, 0.25) is 11.8 Å². The summed E-state index contributed by atoms with van der Waals surface area (Å²) >= 11 is 18.7. The van der Waals surface area contributed by atoms with Gasteiger partial charge in [0, 0.05) is 33.7 Å². The zero-order chi connectivity index (χ0) is 21.4. The van der Waals surface area contributed by atoms with Crippen molar-refractivity contribution >= 4 is 46.6 Å². The molecule has 1 N–H and O–H groups in total. The minimum absolute atomic E-state index is 0.120. The van der Waals surface area contributed by atoms with Gasteiger partial charge in [-0.05, 0) is 43.2 Å². The molecule has 0 saturated heterocycles. The number of carbonyl (C=O) groups excluding carboxylic acids is 2. The molecule has 0 spiro atoms. The third-order valence-electron chi connectivity index (χ3n) is 4.63. The second-order valence-corrected chi connectivity index (χ2v) is 8.10. The van der Waals surface area contributed by atoms with Crippen LogP contribution in [0.3, 0.4) is 0 Å². The number of carbonyl (C=O) groups is 2. The first kappa shape index (κ1) is 23.5. The molecule has 0 aliphatic heterocycles. The van der Waals surface area contributed by atoms with Crippen molar-refractivity contribution in [2.24, 2.45) is 0 Å². The molecule has 2 rings (SSSR count). The predicted octanol–water partition coefficient (Wildman–Crippen LogP) is 5.52. The molecular formula is C22H25Cl3N2O2. The number of unbranched alkanes of at least 4 members (excludes halogenated alkanes) is 1. The van der Waals surface area contributed by atoms with Crippen molar-refractivity contribution in [3.8, 4) is 0 Å². The summed E-state index contributed by atoms with van der Waals surface area (Å²) < 4.78 is 0. The highest BCUT2D eigenvalue weighted by Crippen LogP contribution is 2.27. The monoisotopic (exact) mass is 454 g/mol. The number of rotatable bonds is 9. The Bertz CT molecular complexity index is 837. The summed E-state index contributed by atoms with van der Waals surface area (Å²) in [4.78, 5) is 27.3. The maximum Gasteiger partial charge on any atom is 0.242 e. The summed E-state index contributed by atoms with van der Waals surface area (Å²) in [5.41, 5.74) is 1.39. The molecule has 2 aromatic carbocycles. The second-order valence-electron chi connectivity index (χ2n) is 6.85. The summed E-state index contributed by atoms with van der Waals surface area (Å²) in [5.74, 6) is -0.414. The molecule has 0 saturated carbocycles. The maximum atomic E-state index is 13.1. The van der Waals surface area contributed by atoms with Gasteiger partial charge in [-0.2, -0.15) is 0 Å². The van der Waals surface area contributed by atoms with E-state index in [2.05, 4.69) is 12.2 Å². The van der Waals surface area contributed by atoms with E-state index in [0.29, 0.717) is 27.2 Å². The lowest BCUT2D eigenvalue weighted by atomic mass is 10.1. The second kappa shape index (κ2) is 11.4. The molecule has 29 heavy (non-hydrogen) atoms. The summed E-state index contributed by atoms with van der Waals surface area (Å²) in [7, 11) is 0. The standard InChI is InChI=1S/C22H25Cl3N2O2/c1-3-4-11-26-22(29)15(2)27(14-18-19(24)9-6-10-20(18)25)21(28)13-16-7-5-8-17(23)12-16/h5-10,12,15H,3-4,11,13-14H2,1-2H3,(H,26,29)/t15-/m1/s1. The molecular weight excluding hydrogens is 431 g/mol. The smallest absolute Gasteiger partial charge is 0.242 e. The van der Waals surface area contributed by atoms with Crippen LogP contribution in [0.25, 0.3) is 0 Å². The fourth-order valence-corrected chi connectivity index (χ4v) is 3.63. The van der Waals surface area contributed by atoms with Crippen LogP contribution < -0.4 is 5.32 Å². The number of halogens is 3. The summed E-state index contributed by atoms with van der Waals surface area (Å²) in [5, 5.41) is 4.35. The van der Waals surface area contributed by atoms with Gasteiger partial charge in [-0.15, -0.1) is 0 Å². The van der Waals surface area contributed by atoms with Gasteiger partial charge in [-0.25, -0.2) is 0 Å². The Kier molecular flexibility index (Phi) is 9.28. The Morgan fingerprint density at radius 1 is 1.07 bits per heavy atom. The van der Waals surface area contributed by atoms with Crippen LogP contribution in [-0.2, 0) is 22.6 Å². The Balaban J connectivity index is 2.26. The Hall–Kier alpha value is -1.75. The van der Waals surface area contributed by atoms with Crippen molar-refractivity contribution in [2.75, 3.05) is 6.54 Å². The average Bonchev–Trinajstić information content (AvgIpc) is 2.67. The lowest BCUT2D eigenvalue weighted by Crippen LogP contribution is -2.48. The van der Waals surface area contributed by atoms with Gasteiger partial charge in [-0.1, -0.05) is 66.3 Å². The number of benzene rings is 2. The molecule has 0 radical (unpaired) electrons. The minimum Gasteiger partial charge on any atom is -0.354 e. The van der Waals surface area contributed by atoms with Gasteiger partial charge in [0.25, 0.3) is 0 Å². The molecule has 0 bridgehead atoms. The first-order valence-corrected chi connectivity index (χ1v) is 10.7. The molecule has 0 unspecified atom stereocenters. The van der Waals surface area contributed by atoms with Crippen LogP contribution in [0.2, 0.25) is 15.1 Å². The number of amides is 2. The Morgan fingerprint density at radius 3 is 2.34 bits per heavy atom. The Labute approximate surface area is 187 Å². The van der Waals surface area contributed by atoms with Crippen molar-refractivity contribution in [3.63, 3.8) is 0 Å². The first-order valence-electron chi connectivity index (χ1n) is 9.58. The highest BCUT2D eigenvalue weighted by Gasteiger charge is 2.27. The molecule has 2 aromatic rings. The number of hydrogen-bond acceptors (Lipinski definition) is 2. The lowest BCUT2D eigenvalue weighted by Gasteiger charge is -2.29. The van der Waals surface area contributed by atoms with Crippen molar-refractivity contribution in [2.45, 2.75) is 45.7 Å². The van der Waals surface area contributed by atoms with Crippen molar-refractivity contribution in [3.05, 3.63) is 68.7 Å². The zero-order valence-electron chi connectivity index (χ0n) is 16.6. The highest BCUT2D eigenvalue weighted by molar-refractivity contribution is 6.36. The molecule has 4 nitrogen and oxygen atoms in total. The number of nitrogens with one attached hydrogen (secondary N) is 1. The van der Waals surface area contributed by atoms with Crippen LogP contribution in [0.4, 0.5) is 0 Å². The fourth-order valence-electron chi connectivity index (χ4n) is 2.90.